The lowest BCUT2D eigenvalue weighted by Gasteiger charge is -2.37. The van der Waals surface area contributed by atoms with Crippen molar-refractivity contribution in [3.05, 3.63) is 20.8 Å². The van der Waals surface area contributed by atoms with Crippen LogP contribution in [-0.2, 0) is 16.1 Å². The van der Waals surface area contributed by atoms with Crippen LogP contribution in [-0.4, -0.2) is 65.8 Å². The van der Waals surface area contributed by atoms with Crippen molar-refractivity contribution in [1.29, 1.82) is 0 Å². The molecule has 0 saturated carbocycles. The largest absolute Gasteiger partial charge is 0.339 e. The lowest BCUT2D eigenvalue weighted by molar-refractivity contribution is -0.141. The van der Waals surface area contributed by atoms with Crippen LogP contribution in [0, 0.1) is 0 Å². The number of thiophene rings is 1. The first-order chi connectivity index (χ1) is 10.4. The van der Waals surface area contributed by atoms with E-state index in [0.29, 0.717) is 26.2 Å². The number of halogens is 1. The Bertz CT molecular complexity index is 541. The van der Waals surface area contributed by atoms with E-state index in [1.54, 1.807) is 23.2 Å². The van der Waals surface area contributed by atoms with Crippen molar-refractivity contribution in [3.63, 3.8) is 0 Å². The van der Waals surface area contributed by atoms with Crippen LogP contribution in [0.1, 0.15) is 18.7 Å². The molecule has 2 amide bonds. The Morgan fingerprint density at radius 3 is 2.36 bits per heavy atom. The van der Waals surface area contributed by atoms with Gasteiger partial charge in [-0.1, -0.05) is 0 Å². The Labute approximate surface area is 144 Å². The van der Waals surface area contributed by atoms with Gasteiger partial charge in [0.25, 0.3) is 0 Å². The molecule has 5 nitrogen and oxygen atoms in total. The van der Waals surface area contributed by atoms with Crippen molar-refractivity contribution in [2.45, 2.75) is 26.4 Å². The van der Waals surface area contributed by atoms with Gasteiger partial charge in [-0.15, -0.1) is 11.3 Å². The first-order valence-electron chi connectivity index (χ1n) is 7.37. The Kier molecular flexibility index (Phi) is 6.00. The summed E-state index contributed by atoms with van der Waals surface area (Å²) in [5.74, 6) is 0.224. The van der Waals surface area contributed by atoms with E-state index in [1.165, 1.54) is 4.88 Å². The lowest BCUT2D eigenvalue weighted by Crippen LogP contribution is -2.54. The molecule has 22 heavy (non-hydrogen) atoms. The molecule has 7 heteroatoms. The lowest BCUT2D eigenvalue weighted by atomic mass is 10.2. The molecule has 0 N–H and O–H groups in total. The first-order valence-corrected chi connectivity index (χ1v) is 8.98. The monoisotopic (exact) mass is 387 g/mol. The van der Waals surface area contributed by atoms with Crippen molar-refractivity contribution in [3.8, 4) is 0 Å². The fourth-order valence-electron chi connectivity index (χ4n) is 2.51. The minimum absolute atomic E-state index is 0.0838. The summed E-state index contributed by atoms with van der Waals surface area (Å²) in [4.78, 5) is 30.9. The number of likely N-dealkylation sites (N-methyl/N-ethyl adjacent to an activating group) is 1. The quantitative estimate of drug-likeness (QED) is 0.793. The molecule has 0 aliphatic carbocycles. The van der Waals surface area contributed by atoms with Crippen LogP contribution in [0.2, 0.25) is 0 Å². The fraction of sp³-hybridized carbons (Fsp3) is 0.600. The van der Waals surface area contributed by atoms with E-state index in [2.05, 4.69) is 26.9 Å². The molecule has 1 aliphatic rings. The SMILES string of the molecule is CC(=O)N1CCN(C(=O)C(C)N(C)Cc2ccc(Br)s2)CC1. The summed E-state index contributed by atoms with van der Waals surface area (Å²) in [6.45, 7) is 6.80. The minimum Gasteiger partial charge on any atom is -0.339 e. The van der Waals surface area contributed by atoms with Crippen molar-refractivity contribution in [2.24, 2.45) is 0 Å². The zero-order valence-electron chi connectivity index (χ0n) is 13.2. The van der Waals surface area contributed by atoms with Crippen LogP contribution in [0.3, 0.4) is 0 Å². The van der Waals surface area contributed by atoms with Crippen molar-refractivity contribution < 1.29 is 9.59 Å². The third-order valence-electron chi connectivity index (χ3n) is 4.09. The van der Waals surface area contributed by atoms with E-state index >= 15 is 0 Å². The van der Waals surface area contributed by atoms with Crippen LogP contribution < -0.4 is 0 Å². The van der Waals surface area contributed by atoms with Crippen molar-refractivity contribution in [2.75, 3.05) is 33.2 Å². The van der Waals surface area contributed by atoms with Gasteiger partial charge in [0.15, 0.2) is 0 Å². The minimum atomic E-state index is -0.162. The number of carbonyl (C=O) groups excluding carboxylic acids is 2. The molecule has 1 atom stereocenters. The van der Waals surface area contributed by atoms with Crippen molar-refractivity contribution >= 4 is 39.1 Å². The zero-order chi connectivity index (χ0) is 16.3. The second-order valence-electron chi connectivity index (χ2n) is 5.63. The topological polar surface area (TPSA) is 43.9 Å². The zero-order valence-corrected chi connectivity index (χ0v) is 15.6. The molecule has 2 rings (SSSR count). The number of amides is 2. The van der Waals surface area contributed by atoms with Gasteiger partial charge in [-0.2, -0.15) is 0 Å². The van der Waals surface area contributed by atoms with Crippen LogP contribution in [0.15, 0.2) is 15.9 Å². The second-order valence-corrected chi connectivity index (χ2v) is 8.18. The number of piperazine rings is 1. The van der Waals surface area contributed by atoms with Gasteiger partial charge in [-0.25, -0.2) is 0 Å². The molecule has 2 heterocycles. The first kappa shape index (κ1) is 17.4. The third kappa shape index (κ3) is 4.30. The van der Waals surface area contributed by atoms with E-state index in [0.717, 1.165) is 10.3 Å². The highest BCUT2D eigenvalue weighted by Crippen LogP contribution is 2.23. The maximum absolute atomic E-state index is 12.6. The Balaban J connectivity index is 1.87. The maximum Gasteiger partial charge on any atom is 0.239 e. The molecule has 1 unspecified atom stereocenters. The average molecular weight is 388 g/mol. The van der Waals surface area contributed by atoms with Crippen molar-refractivity contribution in [1.82, 2.24) is 14.7 Å². The summed E-state index contributed by atoms with van der Waals surface area (Å²) in [5.41, 5.74) is 0. The molecule has 0 bridgehead atoms. The fourth-order valence-corrected chi connectivity index (χ4v) is 4.06. The molecule has 1 aliphatic heterocycles. The standard InChI is InChI=1S/C15H22BrN3O2S/c1-11(17(3)10-13-4-5-14(16)22-13)15(21)19-8-6-18(7-9-19)12(2)20/h4-5,11H,6-10H2,1-3H3. The predicted octanol–water partition coefficient (Wildman–Crippen LogP) is 2.02. The van der Waals surface area contributed by atoms with Crippen LogP contribution in [0.4, 0.5) is 0 Å². The van der Waals surface area contributed by atoms with Gasteiger partial charge in [0.1, 0.15) is 0 Å². The molecule has 1 fully saturated rings. The van der Waals surface area contributed by atoms with Crippen LogP contribution in [0.25, 0.3) is 0 Å². The molecule has 0 spiro atoms. The highest BCUT2D eigenvalue weighted by molar-refractivity contribution is 9.11. The maximum atomic E-state index is 12.6. The Hall–Kier alpha value is -0.920. The summed E-state index contributed by atoms with van der Waals surface area (Å²) in [7, 11) is 1.97. The van der Waals surface area contributed by atoms with Gasteiger partial charge in [-0.05, 0) is 42.0 Å². The highest BCUT2D eigenvalue weighted by Gasteiger charge is 2.27. The Morgan fingerprint density at radius 1 is 1.27 bits per heavy atom. The molecule has 1 saturated heterocycles. The normalized spacial score (nSPS) is 17.0. The summed E-state index contributed by atoms with van der Waals surface area (Å²) < 4.78 is 1.11. The van der Waals surface area contributed by atoms with E-state index < -0.39 is 0 Å². The predicted molar refractivity (Wildman–Crippen MR) is 91.8 cm³/mol. The van der Waals surface area contributed by atoms with Gasteiger partial charge in [0.05, 0.1) is 9.83 Å². The molecular weight excluding hydrogens is 366 g/mol. The molecular formula is C15H22BrN3O2S. The number of nitrogens with zero attached hydrogens (tertiary/aromatic N) is 3. The van der Waals surface area contributed by atoms with Gasteiger partial charge < -0.3 is 9.80 Å². The van der Waals surface area contributed by atoms with E-state index in [1.807, 2.05) is 24.9 Å². The molecule has 1 aromatic rings. The molecule has 0 aromatic carbocycles. The summed E-state index contributed by atoms with van der Waals surface area (Å²) in [5, 5.41) is 0. The molecule has 0 radical (unpaired) electrons. The molecule has 1 aromatic heterocycles. The van der Waals surface area contributed by atoms with Gasteiger partial charge in [-0.3, -0.25) is 14.5 Å². The van der Waals surface area contributed by atoms with E-state index in [-0.39, 0.29) is 17.9 Å². The number of carbonyl (C=O) groups is 2. The van der Waals surface area contributed by atoms with Gasteiger partial charge in [0.2, 0.25) is 11.8 Å². The Morgan fingerprint density at radius 2 is 1.86 bits per heavy atom. The van der Waals surface area contributed by atoms with Crippen LogP contribution in [0.5, 0.6) is 0 Å². The average Bonchev–Trinajstić information content (AvgIpc) is 2.90. The summed E-state index contributed by atoms with van der Waals surface area (Å²) in [6.07, 6.45) is 0. The van der Waals surface area contributed by atoms with E-state index in [9.17, 15) is 9.59 Å². The number of rotatable bonds is 4. The van der Waals surface area contributed by atoms with Crippen LogP contribution >= 0.6 is 27.3 Å². The third-order valence-corrected chi connectivity index (χ3v) is 5.70. The van der Waals surface area contributed by atoms with E-state index in [4.69, 9.17) is 0 Å². The molecule has 122 valence electrons. The number of hydrogen-bond donors (Lipinski definition) is 0. The van der Waals surface area contributed by atoms with Gasteiger partial charge in [0, 0.05) is 44.5 Å². The highest BCUT2D eigenvalue weighted by atomic mass is 79.9. The smallest absolute Gasteiger partial charge is 0.239 e. The van der Waals surface area contributed by atoms with Gasteiger partial charge >= 0.3 is 0 Å². The summed E-state index contributed by atoms with van der Waals surface area (Å²) in [6, 6.07) is 3.94. The number of hydrogen-bond acceptors (Lipinski definition) is 4. The second kappa shape index (κ2) is 7.57. The summed E-state index contributed by atoms with van der Waals surface area (Å²) >= 11 is 5.15.